The third kappa shape index (κ3) is 5.12. The molecule has 2 heterocycles. The lowest BCUT2D eigenvalue weighted by molar-refractivity contribution is -0.126. The van der Waals surface area contributed by atoms with E-state index in [0.29, 0.717) is 33.0 Å². The Morgan fingerprint density at radius 2 is 2.00 bits per heavy atom. The number of thioether (sulfide) groups is 1. The lowest BCUT2D eigenvalue weighted by Gasteiger charge is -2.14. The first-order valence-electron chi connectivity index (χ1n) is 9.34. The van der Waals surface area contributed by atoms with Gasteiger partial charge in [-0.25, -0.2) is 0 Å². The number of hydrogen-bond acceptors (Lipinski definition) is 6. The predicted molar refractivity (Wildman–Crippen MR) is 124 cm³/mol. The highest BCUT2D eigenvalue weighted by Crippen LogP contribution is 2.33. The summed E-state index contributed by atoms with van der Waals surface area (Å²) in [6, 6.07) is 15.5. The highest BCUT2D eigenvalue weighted by atomic mass is 35.5. The number of phenolic OH excluding ortho intramolecular Hbond substituents is 1. The zero-order chi connectivity index (χ0) is 21.8. The van der Waals surface area contributed by atoms with E-state index in [-0.39, 0.29) is 18.2 Å². The quantitative estimate of drug-likeness (QED) is 0.385. The standard InChI is InChI=1S/C22H17Cl2N3O3S/c23-16-7-8-18(24)15(10-16)11-20-21(29)27(13-17-5-3-9-30-17)22(31-20)26-25-12-14-4-1-2-6-19(14)28/h1-10,12,20,28H,11,13H2/b25-12-,26-22-/t20-/m1/s1. The second-order valence-electron chi connectivity index (χ2n) is 6.74. The zero-order valence-corrected chi connectivity index (χ0v) is 18.4. The molecular formula is C22H17Cl2N3O3S. The molecule has 0 radical (unpaired) electrons. The summed E-state index contributed by atoms with van der Waals surface area (Å²) in [5, 5.41) is 19.3. The van der Waals surface area contributed by atoms with E-state index in [2.05, 4.69) is 10.2 Å². The van der Waals surface area contributed by atoms with Crippen molar-refractivity contribution < 1.29 is 14.3 Å². The second-order valence-corrected chi connectivity index (χ2v) is 8.75. The molecule has 6 nitrogen and oxygen atoms in total. The number of carbonyl (C=O) groups excluding carboxylic acids is 1. The molecule has 0 unspecified atom stereocenters. The van der Waals surface area contributed by atoms with Crippen molar-refractivity contribution in [3.8, 4) is 5.75 Å². The van der Waals surface area contributed by atoms with Gasteiger partial charge in [-0.2, -0.15) is 5.10 Å². The average molecular weight is 474 g/mol. The molecule has 0 bridgehead atoms. The topological polar surface area (TPSA) is 78.4 Å². The fraction of sp³-hybridized carbons (Fsp3) is 0.136. The Bertz CT molecular complexity index is 1150. The average Bonchev–Trinajstić information content (AvgIpc) is 3.36. The van der Waals surface area contributed by atoms with E-state index in [4.69, 9.17) is 27.6 Å². The fourth-order valence-corrected chi connectivity index (χ4v) is 4.57. The molecule has 0 aliphatic carbocycles. The van der Waals surface area contributed by atoms with Crippen molar-refractivity contribution in [3.05, 3.63) is 87.8 Å². The van der Waals surface area contributed by atoms with E-state index in [9.17, 15) is 9.90 Å². The van der Waals surface area contributed by atoms with E-state index in [1.54, 1.807) is 60.9 Å². The van der Waals surface area contributed by atoms with Crippen LogP contribution in [0.15, 0.2) is 75.5 Å². The van der Waals surface area contributed by atoms with Crippen molar-refractivity contribution in [3.63, 3.8) is 0 Å². The molecule has 0 saturated carbocycles. The molecular weight excluding hydrogens is 457 g/mol. The molecule has 1 N–H and O–H groups in total. The first kappa shape index (κ1) is 21.5. The molecule has 1 amide bonds. The van der Waals surface area contributed by atoms with Gasteiger partial charge in [-0.05, 0) is 54.4 Å². The minimum atomic E-state index is -0.426. The van der Waals surface area contributed by atoms with Crippen molar-refractivity contribution in [1.29, 1.82) is 0 Å². The van der Waals surface area contributed by atoms with Crippen LogP contribution in [0.5, 0.6) is 5.75 Å². The van der Waals surface area contributed by atoms with Crippen LogP contribution in [-0.4, -0.2) is 32.5 Å². The number of aromatic hydroxyl groups is 1. The molecule has 158 valence electrons. The van der Waals surface area contributed by atoms with E-state index < -0.39 is 5.25 Å². The SMILES string of the molecule is O=C1[C@@H](Cc2cc(Cl)ccc2Cl)S/C(=N\N=C/c2ccccc2O)N1Cc1ccco1. The number of furan rings is 1. The van der Waals surface area contributed by atoms with Crippen LogP contribution in [0.3, 0.4) is 0 Å². The Balaban J connectivity index is 1.59. The second kappa shape index (κ2) is 9.60. The summed E-state index contributed by atoms with van der Waals surface area (Å²) in [6.45, 7) is 0.240. The minimum Gasteiger partial charge on any atom is -0.507 e. The molecule has 3 aromatic rings. The number of para-hydroxylation sites is 1. The molecule has 31 heavy (non-hydrogen) atoms. The maximum absolute atomic E-state index is 13.1. The van der Waals surface area contributed by atoms with Gasteiger partial charge in [0.15, 0.2) is 5.17 Å². The lowest BCUT2D eigenvalue weighted by atomic mass is 10.1. The van der Waals surface area contributed by atoms with Gasteiger partial charge in [-0.3, -0.25) is 9.69 Å². The predicted octanol–water partition coefficient (Wildman–Crippen LogP) is 5.37. The Morgan fingerprint density at radius 1 is 1.16 bits per heavy atom. The van der Waals surface area contributed by atoms with Crippen LogP contribution in [0.2, 0.25) is 10.0 Å². The summed E-state index contributed by atoms with van der Waals surface area (Å²) in [6.07, 6.45) is 3.40. The summed E-state index contributed by atoms with van der Waals surface area (Å²) in [5.41, 5.74) is 1.32. The van der Waals surface area contributed by atoms with Crippen LogP contribution in [0.4, 0.5) is 0 Å². The first-order valence-corrected chi connectivity index (χ1v) is 11.0. The Hall–Kier alpha value is -2.74. The summed E-state index contributed by atoms with van der Waals surface area (Å²) in [4.78, 5) is 14.7. The smallest absolute Gasteiger partial charge is 0.242 e. The van der Waals surface area contributed by atoms with Crippen molar-refractivity contribution in [2.24, 2.45) is 10.2 Å². The van der Waals surface area contributed by atoms with Crippen LogP contribution >= 0.6 is 35.0 Å². The number of rotatable bonds is 6. The number of carbonyl (C=O) groups is 1. The Kier molecular flexibility index (Phi) is 6.65. The number of benzene rings is 2. The largest absolute Gasteiger partial charge is 0.507 e. The van der Waals surface area contributed by atoms with Gasteiger partial charge in [0.2, 0.25) is 5.91 Å². The number of amides is 1. The number of halogens is 2. The molecule has 1 fully saturated rings. The maximum Gasteiger partial charge on any atom is 0.242 e. The summed E-state index contributed by atoms with van der Waals surface area (Å²) in [7, 11) is 0. The van der Waals surface area contributed by atoms with Gasteiger partial charge in [0.05, 0.1) is 24.3 Å². The van der Waals surface area contributed by atoms with Crippen LogP contribution in [0.1, 0.15) is 16.9 Å². The lowest BCUT2D eigenvalue weighted by Crippen LogP contribution is -2.32. The van der Waals surface area contributed by atoms with Crippen LogP contribution in [0, 0.1) is 0 Å². The molecule has 1 aliphatic heterocycles. The van der Waals surface area contributed by atoms with Crippen LogP contribution in [-0.2, 0) is 17.8 Å². The Morgan fingerprint density at radius 3 is 2.77 bits per heavy atom. The zero-order valence-electron chi connectivity index (χ0n) is 16.1. The third-order valence-corrected chi connectivity index (χ3v) is 6.37. The van der Waals surface area contributed by atoms with Gasteiger partial charge in [0, 0.05) is 15.6 Å². The van der Waals surface area contributed by atoms with Crippen molar-refractivity contribution in [1.82, 2.24) is 4.90 Å². The van der Waals surface area contributed by atoms with Gasteiger partial charge in [0.1, 0.15) is 11.5 Å². The summed E-state index contributed by atoms with van der Waals surface area (Å²) < 4.78 is 5.40. The number of nitrogens with zero attached hydrogens (tertiary/aromatic N) is 3. The summed E-state index contributed by atoms with van der Waals surface area (Å²) >= 11 is 13.7. The van der Waals surface area contributed by atoms with E-state index in [1.165, 1.54) is 22.9 Å². The monoisotopic (exact) mass is 473 g/mol. The van der Waals surface area contributed by atoms with Gasteiger partial charge in [-0.1, -0.05) is 47.1 Å². The minimum absolute atomic E-state index is 0.0996. The Labute approximate surface area is 193 Å². The van der Waals surface area contributed by atoms with Crippen LogP contribution < -0.4 is 0 Å². The molecule has 4 rings (SSSR count). The number of hydrogen-bond donors (Lipinski definition) is 1. The fourth-order valence-electron chi connectivity index (χ4n) is 3.06. The van der Waals surface area contributed by atoms with Crippen molar-refractivity contribution >= 4 is 52.3 Å². The normalized spacial score (nSPS) is 17.9. The molecule has 9 heteroatoms. The molecule has 1 atom stereocenters. The number of phenols is 1. The maximum atomic E-state index is 13.1. The molecule has 1 saturated heterocycles. The molecule has 2 aromatic carbocycles. The first-order chi connectivity index (χ1) is 15.0. The highest BCUT2D eigenvalue weighted by molar-refractivity contribution is 8.15. The van der Waals surface area contributed by atoms with Crippen LogP contribution in [0.25, 0.3) is 0 Å². The van der Waals surface area contributed by atoms with E-state index in [1.807, 2.05) is 0 Å². The molecule has 1 aromatic heterocycles. The van der Waals surface area contributed by atoms with Crippen molar-refractivity contribution in [2.45, 2.75) is 18.2 Å². The van der Waals surface area contributed by atoms with E-state index in [0.717, 1.165) is 5.56 Å². The molecule has 0 spiro atoms. The highest BCUT2D eigenvalue weighted by Gasteiger charge is 2.39. The van der Waals surface area contributed by atoms with Crippen molar-refractivity contribution in [2.75, 3.05) is 0 Å². The summed E-state index contributed by atoms with van der Waals surface area (Å²) in [5.74, 6) is 0.615. The molecule has 1 aliphatic rings. The number of amidine groups is 1. The van der Waals surface area contributed by atoms with E-state index >= 15 is 0 Å². The van der Waals surface area contributed by atoms with Gasteiger partial charge < -0.3 is 9.52 Å². The van der Waals surface area contributed by atoms with Gasteiger partial charge in [0.25, 0.3) is 0 Å². The van der Waals surface area contributed by atoms with Gasteiger partial charge >= 0.3 is 0 Å². The third-order valence-electron chi connectivity index (χ3n) is 4.60. The van der Waals surface area contributed by atoms with Gasteiger partial charge in [-0.15, -0.1) is 5.10 Å².